The summed E-state index contributed by atoms with van der Waals surface area (Å²) in [5, 5.41) is 1.79. The SMILES string of the molecule is CCCCOC[C@@H]1C[C@H](OCCCC)[C@@H](OCCCC)[C@H](c2cccc(Cc3nc4ccccc4s3)c2)S1. The zero-order valence-corrected chi connectivity index (χ0v) is 25.0. The molecule has 4 rings (SSSR count). The molecule has 208 valence electrons. The molecule has 1 aromatic heterocycles. The van der Waals surface area contributed by atoms with Crippen LogP contribution < -0.4 is 0 Å². The number of fused-ring (bicyclic) bond motifs is 1. The lowest BCUT2D eigenvalue weighted by Gasteiger charge is -2.41. The fourth-order valence-electron chi connectivity index (χ4n) is 4.92. The summed E-state index contributed by atoms with van der Waals surface area (Å²) in [4.78, 5) is 4.88. The zero-order valence-electron chi connectivity index (χ0n) is 23.4. The maximum absolute atomic E-state index is 6.63. The summed E-state index contributed by atoms with van der Waals surface area (Å²) in [6.07, 6.45) is 8.71. The molecule has 0 saturated carbocycles. The van der Waals surface area contributed by atoms with Gasteiger partial charge in [-0.3, -0.25) is 0 Å². The molecule has 38 heavy (non-hydrogen) atoms. The first-order chi connectivity index (χ1) is 18.7. The van der Waals surface area contributed by atoms with Gasteiger partial charge in [-0.1, -0.05) is 76.4 Å². The molecule has 1 fully saturated rings. The molecule has 0 spiro atoms. The topological polar surface area (TPSA) is 40.6 Å². The van der Waals surface area contributed by atoms with Gasteiger partial charge in [0.2, 0.25) is 0 Å². The van der Waals surface area contributed by atoms with E-state index in [4.69, 9.17) is 19.2 Å². The van der Waals surface area contributed by atoms with Gasteiger partial charge in [0.25, 0.3) is 0 Å². The number of unbranched alkanes of at least 4 members (excludes halogenated alkanes) is 3. The van der Waals surface area contributed by atoms with E-state index in [1.807, 2.05) is 11.8 Å². The molecule has 3 aromatic rings. The molecular formula is C32H45NO3S2. The summed E-state index contributed by atoms with van der Waals surface area (Å²) >= 11 is 3.82. The molecule has 6 heteroatoms. The smallest absolute Gasteiger partial charge is 0.0996 e. The van der Waals surface area contributed by atoms with E-state index in [9.17, 15) is 0 Å². The van der Waals surface area contributed by atoms with Gasteiger partial charge in [-0.15, -0.1) is 23.1 Å². The Labute approximate surface area is 237 Å². The molecule has 1 aliphatic rings. The summed E-state index contributed by atoms with van der Waals surface area (Å²) < 4.78 is 20.5. The number of nitrogens with zero attached hydrogens (tertiary/aromatic N) is 1. The number of hydrogen-bond acceptors (Lipinski definition) is 6. The number of ether oxygens (including phenoxy) is 3. The second-order valence-electron chi connectivity index (χ2n) is 10.3. The molecule has 0 radical (unpaired) electrons. The van der Waals surface area contributed by atoms with E-state index in [0.29, 0.717) is 5.25 Å². The highest BCUT2D eigenvalue weighted by Gasteiger charge is 2.41. The van der Waals surface area contributed by atoms with Crippen LogP contribution in [0.5, 0.6) is 0 Å². The molecule has 4 nitrogen and oxygen atoms in total. The molecule has 0 bridgehead atoms. The fourth-order valence-corrected chi connectivity index (χ4v) is 7.52. The number of para-hydroxylation sites is 1. The molecule has 0 amide bonds. The van der Waals surface area contributed by atoms with E-state index in [0.717, 1.165) is 83.3 Å². The highest BCUT2D eigenvalue weighted by atomic mass is 32.2. The maximum atomic E-state index is 6.63. The molecule has 1 saturated heterocycles. The second-order valence-corrected chi connectivity index (χ2v) is 12.9. The molecular weight excluding hydrogens is 510 g/mol. The van der Waals surface area contributed by atoms with Crippen molar-refractivity contribution < 1.29 is 14.2 Å². The third-order valence-electron chi connectivity index (χ3n) is 7.06. The Hall–Kier alpha value is -1.44. The van der Waals surface area contributed by atoms with Crippen LogP contribution in [0.1, 0.15) is 87.1 Å². The van der Waals surface area contributed by atoms with E-state index >= 15 is 0 Å². The van der Waals surface area contributed by atoms with Gasteiger partial charge >= 0.3 is 0 Å². The van der Waals surface area contributed by atoms with Crippen LogP contribution in [0.2, 0.25) is 0 Å². The number of rotatable bonds is 16. The monoisotopic (exact) mass is 555 g/mol. The van der Waals surface area contributed by atoms with Crippen molar-refractivity contribution in [1.82, 2.24) is 4.98 Å². The average Bonchev–Trinajstić information content (AvgIpc) is 3.34. The van der Waals surface area contributed by atoms with Gasteiger partial charge in [0, 0.05) is 31.5 Å². The standard InChI is InChI=1S/C32H45NO3S2/c1-4-7-17-34-23-26-22-28(35-18-8-5-2)31(36-19-9-6-3)32(37-26)25-14-12-13-24(20-25)21-30-33-27-15-10-11-16-29(27)38-30/h10-16,20,26,28,31-32H,4-9,17-19,21-23H2,1-3H3/t26-,28-,31+,32-/m0/s1. The van der Waals surface area contributed by atoms with Crippen LogP contribution in [0, 0.1) is 0 Å². The van der Waals surface area contributed by atoms with Crippen molar-refractivity contribution in [1.29, 1.82) is 0 Å². The molecule has 2 heterocycles. The quantitative estimate of drug-likeness (QED) is 0.165. The molecule has 2 aromatic carbocycles. The first-order valence-electron chi connectivity index (χ1n) is 14.6. The Morgan fingerprint density at radius 1 is 0.868 bits per heavy atom. The number of thiazole rings is 1. The lowest BCUT2D eigenvalue weighted by atomic mass is 9.96. The Bertz CT molecular complexity index is 1050. The van der Waals surface area contributed by atoms with E-state index in [1.165, 1.54) is 20.8 Å². The summed E-state index contributed by atoms with van der Waals surface area (Å²) in [5.74, 6) is 0. The van der Waals surface area contributed by atoms with E-state index in [1.54, 1.807) is 11.3 Å². The van der Waals surface area contributed by atoms with Gasteiger partial charge in [-0.2, -0.15) is 0 Å². The Balaban J connectivity index is 1.55. The lowest BCUT2D eigenvalue weighted by molar-refractivity contribution is -0.0841. The van der Waals surface area contributed by atoms with Crippen molar-refractivity contribution >= 4 is 33.3 Å². The van der Waals surface area contributed by atoms with Gasteiger partial charge in [0.1, 0.15) is 0 Å². The van der Waals surface area contributed by atoms with E-state index in [-0.39, 0.29) is 17.5 Å². The van der Waals surface area contributed by atoms with Crippen LogP contribution >= 0.6 is 23.1 Å². The minimum absolute atomic E-state index is 0.0491. The minimum Gasteiger partial charge on any atom is -0.380 e. The highest BCUT2D eigenvalue weighted by molar-refractivity contribution is 8.00. The Morgan fingerprint density at radius 2 is 1.63 bits per heavy atom. The van der Waals surface area contributed by atoms with Crippen LogP contribution in [0.4, 0.5) is 0 Å². The normalized spacial score (nSPS) is 21.8. The molecule has 1 aliphatic heterocycles. The van der Waals surface area contributed by atoms with E-state index in [2.05, 4.69) is 69.3 Å². The van der Waals surface area contributed by atoms with Crippen molar-refractivity contribution in [3.05, 3.63) is 64.7 Å². The van der Waals surface area contributed by atoms with Gasteiger partial charge in [-0.25, -0.2) is 4.98 Å². The maximum Gasteiger partial charge on any atom is 0.0996 e. The van der Waals surface area contributed by atoms with Crippen molar-refractivity contribution in [2.24, 2.45) is 0 Å². The predicted octanol–water partition coefficient (Wildman–Crippen LogP) is 8.62. The van der Waals surface area contributed by atoms with Crippen molar-refractivity contribution in [2.75, 3.05) is 26.4 Å². The lowest BCUT2D eigenvalue weighted by Crippen LogP contribution is -2.44. The minimum atomic E-state index is 0.0491. The van der Waals surface area contributed by atoms with Crippen LogP contribution in [-0.2, 0) is 20.6 Å². The Kier molecular flexibility index (Phi) is 12.4. The van der Waals surface area contributed by atoms with Gasteiger partial charge < -0.3 is 14.2 Å². The number of thioether (sulfide) groups is 1. The summed E-state index contributed by atoms with van der Waals surface area (Å²) in [6.45, 7) is 9.87. The first kappa shape index (κ1) is 29.5. The largest absolute Gasteiger partial charge is 0.380 e. The molecule has 0 N–H and O–H groups in total. The van der Waals surface area contributed by atoms with Crippen molar-refractivity contribution in [2.45, 2.75) is 94.8 Å². The van der Waals surface area contributed by atoms with Gasteiger partial charge in [0.15, 0.2) is 0 Å². The van der Waals surface area contributed by atoms with Crippen molar-refractivity contribution in [3.63, 3.8) is 0 Å². The number of benzene rings is 2. The predicted molar refractivity (Wildman–Crippen MR) is 163 cm³/mol. The van der Waals surface area contributed by atoms with Crippen molar-refractivity contribution in [3.8, 4) is 0 Å². The van der Waals surface area contributed by atoms with Crippen LogP contribution in [0.25, 0.3) is 10.2 Å². The fraction of sp³-hybridized carbons (Fsp3) is 0.594. The summed E-state index contributed by atoms with van der Waals surface area (Å²) in [5.41, 5.74) is 3.73. The third-order valence-corrected chi connectivity index (χ3v) is 9.64. The van der Waals surface area contributed by atoms with E-state index < -0.39 is 0 Å². The first-order valence-corrected chi connectivity index (χ1v) is 16.4. The van der Waals surface area contributed by atoms with Crippen LogP contribution in [-0.4, -0.2) is 48.9 Å². The zero-order chi connectivity index (χ0) is 26.6. The number of aromatic nitrogens is 1. The second kappa shape index (κ2) is 16.0. The van der Waals surface area contributed by atoms with Gasteiger partial charge in [0.05, 0.1) is 39.3 Å². The molecule has 4 atom stereocenters. The third kappa shape index (κ3) is 8.53. The summed E-state index contributed by atoms with van der Waals surface area (Å²) in [6, 6.07) is 17.5. The summed E-state index contributed by atoms with van der Waals surface area (Å²) in [7, 11) is 0. The average molecular weight is 556 g/mol. The van der Waals surface area contributed by atoms with Crippen LogP contribution in [0.3, 0.4) is 0 Å². The van der Waals surface area contributed by atoms with Crippen LogP contribution in [0.15, 0.2) is 48.5 Å². The molecule has 0 aliphatic carbocycles. The van der Waals surface area contributed by atoms with Gasteiger partial charge in [-0.05, 0) is 48.9 Å². The Morgan fingerprint density at radius 3 is 2.42 bits per heavy atom. The number of hydrogen-bond donors (Lipinski definition) is 0. The highest BCUT2D eigenvalue weighted by Crippen LogP contribution is 2.46. The molecule has 0 unspecified atom stereocenters.